The Balaban J connectivity index is 2.27. The van der Waals surface area contributed by atoms with E-state index in [9.17, 15) is 0 Å². The maximum absolute atomic E-state index is 2.58. The number of hydrogen-bond acceptors (Lipinski definition) is 1. The smallest absolute Gasteiger partial charge is 0.0232 e. The molecule has 0 aromatic rings. The zero-order valence-electron chi connectivity index (χ0n) is 7.93. The molecule has 64 valence electrons. The fourth-order valence-corrected chi connectivity index (χ4v) is 3.15. The lowest BCUT2D eigenvalue weighted by molar-refractivity contribution is 0.127. The summed E-state index contributed by atoms with van der Waals surface area (Å²) in [6.07, 6.45) is 4.37. The van der Waals surface area contributed by atoms with Crippen LogP contribution in [0.2, 0.25) is 0 Å². The molecule has 1 saturated heterocycles. The van der Waals surface area contributed by atoms with E-state index in [0.29, 0.717) is 5.54 Å². The van der Waals surface area contributed by atoms with Crippen LogP contribution in [0.25, 0.3) is 0 Å². The van der Waals surface area contributed by atoms with Crippen molar-refractivity contribution in [2.75, 3.05) is 13.6 Å². The molecule has 1 aliphatic carbocycles. The molecule has 2 fully saturated rings. The molecule has 1 heteroatoms. The van der Waals surface area contributed by atoms with E-state index in [2.05, 4.69) is 25.8 Å². The quantitative estimate of drug-likeness (QED) is 0.515. The highest BCUT2D eigenvalue weighted by atomic mass is 15.2. The van der Waals surface area contributed by atoms with Gasteiger partial charge in [-0.15, -0.1) is 0 Å². The fourth-order valence-electron chi connectivity index (χ4n) is 3.15. The van der Waals surface area contributed by atoms with Gasteiger partial charge in [-0.2, -0.15) is 0 Å². The van der Waals surface area contributed by atoms with Crippen LogP contribution in [-0.2, 0) is 0 Å². The summed E-state index contributed by atoms with van der Waals surface area (Å²) in [4.78, 5) is 2.58. The lowest BCUT2D eigenvalue weighted by Gasteiger charge is -2.36. The minimum Gasteiger partial charge on any atom is -0.300 e. The molecule has 0 aromatic carbocycles. The highest BCUT2D eigenvalue weighted by molar-refractivity contribution is 5.04. The minimum atomic E-state index is 0.556. The van der Waals surface area contributed by atoms with Crippen molar-refractivity contribution in [3.63, 3.8) is 0 Å². The van der Waals surface area contributed by atoms with Crippen LogP contribution >= 0.6 is 0 Å². The third-order valence-electron chi connectivity index (χ3n) is 4.41. The molecule has 0 radical (unpaired) electrons. The van der Waals surface area contributed by atoms with Crippen molar-refractivity contribution in [2.45, 2.75) is 38.6 Å². The van der Waals surface area contributed by atoms with E-state index in [-0.39, 0.29) is 0 Å². The summed E-state index contributed by atoms with van der Waals surface area (Å²) in [7, 11) is 2.29. The summed E-state index contributed by atoms with van der Waals surface area (Å²) in [6.45, 7) is 6.20. The number of hydrogen-bond donors (Lipinski definition) is 0. The molecule has 3 unspecified atom stereocenters. The minimum absolute atomic E-state index is 0.556. The van der Waals surface area contributed by atoms with Crippen molar-refractivity contribution >= 4 is 0 Å². The normalized spacial score (nSPS) is 51.5. The number of rotatable bonds is 0. The first-order valence-electron chi connectivity index (χ1n) is 4.87. The highest BCUT2D eigenvalue weighted by Crippen LogP contribution is 2.49. The zero-order chi connectivity index (χ0) is 8.06. The van der Waals surface area contributed by atoms with Crippen LogP contribution < -0.4 is 0 Å². The van der Waals surface area contributed by atoms with Crippen LogP contribution in [0.4, 0.5) is 0 Å². The molecule has 2 rings (SSSR count). The largest absolute Gasteiger partial charge is 0.300 e. The summed E-state index contributed by atoms with van der Waals surface area (Å²) >= 11 is 0. The van der Waals surface area contributed by atoms with Gasteiger partial charge in [0.15, 0.2) is 0 Å². The van der Waals surface area contributed by atoms with Crippen molar-refractivity contribution in [1.29, 1.82) is 0 Å². The van der Waals surface area contributed by atoms with E-state index in [4.69, 9.17) is 0 Å². The molecule has 1 aliphatic heterocycles. The lowest BCUT2D eigenvalue weighted by Crippen LogP contribution is -2.44. The topological polar surface area (TPSA) is 3.24 Å². The van der Waals surface area contributed by atoms with Gasteiger partial charge in [0.1, 0.15) is 0 Å². The van der Waals surface area contributed by atoms with Crippen molar-refractivity contribution in [1.82, 2.24) is 4.90 Å². The van der Waals surface area contributed by atoms with Crippen molar-refractivity contribution < 1.29 is 0 Å². The zero-order valence-corrected chi connectivity index (χ0v) is 7.93. The summed E-state index contributed by atoms with van der Waals surface area (Å²) in [5, 5.41) is 0. The van der Waals surface area contributed by atoms with Gasteiger partial charge in [-0.25, -0.2) is 0 Å². The Hall–Kier alpha value is -0.0400. The van der Waals surface area contributed by atoms with Crippen molar-refractivity contribution in [3.8, 4) is 0 Å². The van der Waals surface area contributed by atoms with E-state index in [0.717, 1.165) is 11.8 Å². The van der Waals surface area contributed by atoms with Gasteiger partial charge in [0, 0.05) is 5.54 Å². The maximum atomic E-state index is 2.58. The van der Waals surface area contributed by atoms with Crippen molar-refractivity contribution in [3.05, 3.63) is 0 Å². The Bertz CT molecular complexity index is 150. The van der Waals surface area contributed by atoms with Gasteiger partial charge in [-0.05, 0) is 51.6 Å². The van der Waals surface area contributed by atoms with Gasteiger partial charge in [0.2, 0.25) is 0 Å². The standard InChI is InChI=1S/C10H19N/c1-8-4-5-9-6-7-11(3)10(8,9)2/h8-9H,4-7H2,1-3H3. The Labute approximate surface area is 69.8 Å². The molecule has 3 atom stereocenters. The van der Waals surface area contributed by atoms with Gasteiger partial charge in [-0.1, -0.05) is 6.92 Å². The number of fused-ring (bicyclic) bond motifs is 1. The monoisotopic (exact) mass is 153 g/mol. The molecule has 1 heterocycles. The highest BCUT2D eigenvalue weighted by Gasteiger charge is 2.50. The molecule has 0 amide bonds. The van der Waals surface area contributed by atoms with Crippen LogP contribution in [0.5, 0.6) is 0 Å². The summed E-state index contributed by atoms with van der Waals surface area (Å²) < 4.78 is 0. The predicted molar refractivity (Wildman–Crippen MR) is 47.5 cm³/mol. The molecule has 2 aliphatic rings. The summed E-state index contributed by atoms with van der Waals surface area (Å²) in [5.41, 5.74) is 0.556. The molecule has 11 heavy (non-hydrogen) atoms. The van der Waals surface area contributed by atoms with Crippen molar-refractivity contribution in [2.24, 2.45) is 11.8 Å². The predicted octanol–water partition coefficient (Wildman–Crippen LogP) is 2.13. The molecule has 0 aromatic heterocycles. The van der Waals surface area contributed by atoms with E-state index in [1.54, 1.807) is 0 Å². The Kier molecular flexibility index (Phi) is 1.54. The second-order valence-corrected chi connectivity index (χ2v) is 4.61. The summed E-state index contributed by atoms with van der Waals surface area (Å²) in [5.74, 6) is 1.92. The maximum Gasteiger partial charge on any atom is 0.0232 e. The van der Waals surface area contributed by atoms with E-state index in [1.807, 2.05) is 0 Å². The number of likely N-dealkylation sites (tertiary alicyclic amines) is 1. The lowest BCUT2D eigenvalue weighted by atomic mass is 9.84. The molecular formula is C10H19N. The molecule has 1 nitrogen and oxygen atoms in total. The Morgan fingerprint density at radius 3 is 2.64 bits per heavy atom. The first-order chi connectivity index (χ1) is 5.15. The van der Waals surface area contributed by atoms with Crippen LogP contribution in [0.3, 0.4) is 0 Å². The van der Waals surface area contributed by atoms with E-state index >= 15 is 0 Å². The SMILES string of the molecule is CC1CCC2CCN(C)C12C. The van der Waals surface area contributed by atoms with Crippen LogP contribution in [0.1, 0.15) is 33.1 Å². The first kappa shape index (κ1) is 7.60. The van der Waals surface area contributed by atoms with E-state index < -0.39 is 0 Å². The number of nitrogens with zero attached hydrogens (tertiary/aromatic N) is 1. The fraction of sp³-hybridized carbons (Fsp3) is 1.00. The summed E-state index contributed by atoms with van der Waals surface area (Å²) in [6, 6.07) is 0. The van der Waals surface area contributed by atoms with Gasteiger partial charge < -0.3 is 4.90 Å². The van der Waals surface area contributed by atoms with Gasteiger partial charge in [0.25, 0.3) is 0 Å². The third-order valence-corrected chi connectivity index (χ3v) is 4.41. The Morgan fingerprint density at radius 2 is 2.00 bits per heavy atom. The van der Waals surface area contributed by atoms with Gasteiger partial charge in [0.05, 0.1) is 0 Å². The average molecular weight is 153 g/mol. The van der Waals surface area contributed by atoms with Crippen LogP contribution in [0, 0.1) is 11.8 Å². The second-order valence-electron chi connectivity index (χ2n) is 4.61. The van der Waals surface area contributed by atoms with Crippen LogP contribution in [-0.4, -0.2) is 24.0 Å². The van der Waals surface area contributed by atoms with Gasteiger partial charge >= 0.3 is 0 Å². The van der Waals surface area contributed by atoms with E-state index in [1.165, 1.54) is 25.8 Å². The molecule has 0 N–H and O–H groups in total. The second kappa shape index (κ2) is 2.22. The molecule has 1 saturated carbocycles. The molecule has 0 bridgehead atoms. The average Bonchev–Trinajstić information content (AvgIpc) is 2.40. The van der Waals surface area contributed by atoms with Crippen LogP contribution in [0.15, 0.2) is 0 Å². The Morgan fingerprint density at radius 1 is 1.27 bits per heavy atom. The first-order valence-corrected chi connectivity index (χ1v) is 4.87. The molecule has 0 spiro atoms. The van der Waals surface area contributed by atoms with Gasteiger partial charge in [-0.3, -0.25) is 0 Å². The third kappa shape index (κ3) is 0.807. The molecular weight excluding hydrogens is 134 g/mol.